The molecule has 2 N–H and O–H groups in total. The lowest BCUT2D eigenvalue weighted by molar-refractivity contribution is 0.788. The highest BCUT2D eigenvalue weighted by atomic mass is 15.0. The summed E-state index contributed by atoms with van der Waals surface area (Å²) in [6, 6.07) is 7.27. The van der Waals surface area contributed by atoms with Gasteiger partial charge >= 0.3 is 0 Å². The fraction of sp³-hybridized carbons (Fsp3) is 0.571. The Morgan fingerprint density at radius 3 is 2.44 bits per heavy atom. The van der Waals surface area contributed by atoms with E-state index >= 15 is 0 Å². The lowest BCUT2D eigenvalue weighted by atomic mass is 10.0. The van der Waals surface area contributed by atoms with Gasteiger partial charge in [0, 0.05) is 18.3 Å². The van der Waals surface area contributed by atoms with Gasteiger partial charge in [-0.05, 0) is 36.9 Å². The van der Waals surface area contributed by atoms with Crippen LogP contribution in [0.1, 0.15) is 31.4 Å². The number of rotatable bonds is 4. The second-order valence-corrected chi connectivity index (χ2v) is 4.49. The van der Waals surface area contributed by atoms with Gasteiger partial charge in [-0.1, -0.05) is 32.0 Å². The molecule has 1 fully saturated rings. The predicted octanol–water partition coefficient (Wildman–Crippen LogP) is 2.59. The van der Waals surface area contributed by atoms with Gasteiger partial charge in [0.05, 0.1) is 0 Å². The molecule has 1 atom stereocenters. The number of anilines is 1. The Bertz CT molecular complexity index is 318. The van der Waals surface area contributed by atoms with E-state index in [0.717, 1.165) is 25.9 Å². The molecule has 1 aromatic carbocycles. The zero-order chi connectivity index (χ0) is 11.4. The molecular weight excluding hydrogens is 196 g/mol. The molecular formula is C14H22N2. The maximum absolute atomic E-state index is 3.72. The molecule has 2 nitrogen and oxygen atoms in total. The van der Waals surface area contributed by atoms with Crippen LogP contribution in [-0.2, 0) is 12.8 Å². The average molecular weight is 218 g/mol. The molecule has 0 bridgehead atoms. The molecule has 16 heavy (non-hydrogen) atoms. The summed E-state index contributed by atoms with van der Waals surface area (Å²) in [5.74, 6) is 0. The molecule has 2 rings (SSSR count). The van der Waals surface area contributed by atoms with Gasteiger partial charge in [0.25, 0.3) is 0 Å². The van der Waals surface area contributed by atoms with Crippen LogP contribution in [-0.4, -0.2) is 19.1 Å². The molecule has 0 aliphatic carbocycles. The first-order chi connectivity index (χ1) is 7.85. The lowest BCUT2D eigenvalue weighted by Gasteiger charge is -2.19. The van der Waals surface area contributed by atoms with Gasteiger partial charge in [-0.25, -0.2) is 0 Å². The van der Waals surface area contributed by atoms with Crippen LogP contribution in [0.25, 0.3) is 0 Å². The Balaban J connectivity index is 2.21. The van der Waals surface area contributed by atoms with Crippen molar-refractivity contribution in [1.29, 1.82) is 0 Å². The van der Waals surface area contributed by atoms with E-state index in [0.29, 0.717) is 6.04 Å². The Labute approximate surface area is 98.4 Å². The molecule has 1 aliphatic rings. The molecule has 0 radical (unpaired) electrons. The van der Waals surface area contributed by atoms with E-state index in [2.05, 4.69) is 42.7 Å². The summed E-state index contributed by atoms with van der Waals surface area (Å²) in [5.41, 5.74) is 4.29. The molecule has 1 aliphatic heterocycles. The van der Waals surface area contributed by atoms with Crippen molar-refractivity contribution in [3.8, 4) is 0 Å². The fourth-order valence-electron chi connectivity index (χ4n) is 2.41. The highest BCUT2D eigenvalue weighted by Gasteiger charge is 2.16. The number of hydrogen-bond acceptors (Lipinski definition) is 2. The van der Waals surface area contributed by atoms with Crippen molar-refractivity contribution < 1.29 is 0 Å². The summed E-state index contributed by atoms with van der Waals surface area (Å²) in [5, 5.41) is 7.12. The molecule has 0 saturated carbocycles. The van der Waals surface area contributed by atoms with Crippen molar-refractivity contribution in [2.24, 2.45) is 0 Å². The Kier molecular flexibility index (Phi) is 3.83. The van der Waals surface area contributed by atoms with E-state index in [9.17, 15) is 0 Å². The molecule has 1 heterocycles. The minimum Gasteiger partial charge on any atom is -0.381 e. The largest absolute Gasteiger partial charge is 0.381 e. The first-order valence-corrected chi connectivity index (χ1v) is 6.43. The van der Waals surface area contributed by atoms with Gasteiger partial charge in [0.1, 0.15) is 0 Å². The van der Waals surface area contributed by atoms with Gasteiger partial charge in [-0.3, -0.25) is 0 Å². The van der Waals surface area contributed by atoms with Crippen LogP contribution >= 0.6 is 0 Å². The number of aryl methyl sites for hydroxylation is 2. The van der Waals surface area contributed by atoms with Crippen LogP contribution in [0.2, 0.25) is 0 Å². The topological polar surface area (TPSA) is 24.1 Å². The van der Waals surface area contributed by atoms with E-state index < -0.39 is 0 Å². The second-order valence-electron chi connectivity index (χ2n) is 4.49. The van der Waals surface area contributed by atoms with E-state index in [-0.39, 0.29) is 0 Å². The van der Waals surface area contributed by atoms with E-state index in [1.807, 2.05) is 0 Å². The first-order valence-electron chi connectivity index (χ1n) is 6.43. The standard InChI is InChI=1S/C14H22N2/c1-3-11-6-5-7-12(4-2)14(11)16-13-8-9-15-10-13/h5-7,13,15-16H,3-4,8-10H2,1-2H3. The predicted molar refractivity (Wildman–Crippen MR) is 70.1 cm³/mol. The third kappa shape index (κ3) is 2.38. The molecule has 0 spiro atoms. The van der Waals surface area contributed by atoms with Crippen LogP contribution in [0.4, 0.5) is 5.69 Å². The van der Waals surface area contributed by atoms with Crippen LogP contribution in [0.15, 0.2) is 18.2 Å². The minimum absolute atomic E-state index is 0.609. The molecule has 0 aromatic heterocycles. The maximum Gasteiger partial charge on any atom is 0.0407 e. The maximum atomic E-state index is 3.72. The van der Waals surface area contributed by atoms with Crippen molar-refractivity contribution in [3.63, 3.8) is 0 Å². The summed E-state index contributed by atoms with van der Waals surface area (Å²) in [7, 11) is 0. The number of nitrogens with one attached hydrogen (secondary N) is 2. The highest BCUT2D eigenvalue weighted by Crippen LogP contribution is 2.24. The molecule has 88 valence electrons. The Hall–Kier alpha value is -1.02. The highest BCUT2D eigenvalue weighted by molar-refractivity contribution is 5.58. The van der Waals surface area contributed by atoms with Crippen LogP contribution in [0.5, 0.6) is 0 Å². The summed E-state index contributed by atoms with van der Waals surface area (Å²) in [6.07, 6.45) is 3.45. The second kappa shape index (κ2) is 5.35. The Morgan fingerprint density at radius 1 is 1.25 bits per heavy atom. The summed E-state index contributed by atoms with van der Waals surface area (Å²) in [6.45, 7) is 6.70. The van der Waals surface area contributed by atoms with Gasteiger partial charge in [-0.2, -0.15) is 0 Å². The number of benzene rings is 1. The molecule has 1 aromatic rings. The van der Waals surface area contributed by atoms with Crippen molar-refractivity contribution in [1.82, 2.24) is 5.32 Å². The van der Waals surface area contributed by atoms with Crippen LogP contribution in [0.3, 0.4) is 0 Å². The van der Waals surface area contributed by atoms with Crippen molar-refractivity contribution in [2.45, 2.75) is 39.2 Å². The van der Waals surface area contributed by atoms with Crippen LogP contribution in [0, 0.1) is 0 Å². The Morgan fingerprint density at radius 2 is 1.94 bits per heavy atom. The van der Waals surface area contributed by atoms with E-state index in [4.69, 9.17) is 0 Å². The normalized spacial score (nSPS) is 20.0. The molecule has 1 saturated heterocycles. The van der Waals surface area contributed by atoms with Crippen LogP contribution < -0.4 is 10.6 Å². The third-order valence-electron chi connectivity index (χ3n) is 3.41. The smallest absolute Gasteiger partial charge is 0.0407 e. The molecule has 2 heteroatoms. The van der Waals surface area contributed by atoms with Gasteiger partial charge in [-0.15, -0.1) is 0 Å². The fourth-order valence-corrected chi connectivity index (χ4v) is 2.41. The van der Waals surface area contributed by atoms with Gasteiger partial charge in [0.15, 0.2) is 0 Å². The van der Waals surface area contributed by atoms with Crippen molar-refractivity contribution >= 4 is 5.69 Å². The monoisotopic (exact) mass is 218 g/mol. The molecule has 1 unspecified atom stereocenters. The zero-order valence-electron chi connectivity index (χ0n) is 10.3. The SMILES string of the molecule is CCc1cccc(CC)c1NC1CCNC1. The first kappa shape index (κ1) is 11.5. The minimum atomic E-state index is 0.609. The van der Waals surface area contributed by atoms with Gasteiger partial charge in [0.2, 0.25) is 0 Å². The average Bonchev–Trinajstić information content (AvgIpc) is 2.82. The summed E-state index contributed by atoms with van der Waals surface area (Å²) < 4.78 is 0. The third-order valence-corrected chi connectivity index (χ3v) is 3.41. The van der Waals surface area contributed by atoms with Crippen molar-refractivity contribution in [2.75, 3.05) is 18.4 Å². The van der Waals surface area contributed by atoms with Crippen molar-refractivity contribution in [3.05, 3.63) is 29.3 Å². The van der Waals surface area contributed by atoms with Gasteiger partial charge < -0.3 is 10.6 Å². The van der Waals surface area contributed by atoms with E-state index in [1.165, 1.54) is 23.2 Å². The quantitative estimate of drug-likeness (QED) is 0.811. The number of hydrogen-bond donors (Lipinski definition) is 2. The number of para-hydroxylation sites is 1. The summed E-state index contributed by atoms with van der Waals surface area (Å²) >= 11 is 0. The molecule has 0 amide bonds. The van der Waals surface area contributed by atoms with E-state index in [1.54, 1.807) is 0 Å². The zero-order valence-corrected chi connectivity index (χ0v) is 10.3. The summed E-state index contributed by atoms with van der Waals surface area (Å²) in [4.78, 5) is 0. The lowest BCUT2D eigenvalue weighted by Crippen LogP contribution is -2.23.